The van der Waals surface area contributed by atoms with Crippen molar-refractivity contribution in [2.45, 2.75) is 96.9 Å². The van der Waals surface area contributed by atoms with Crippen LogP contribution in [0.2, 0.25) is 0 Å². The van der Waals surface area contributed by atoms with Gasteiger partial charge < -0.3 is 5.32 Å². The molecule has 1 aromatic carbocycles. The van der Waals surface area contributed by atoms with Crippen molar-refractivity contribution in [2.24, 2.45) is 23.2 Å². The highest BCUT2D eigenvalue weighted by atomic mass is 19.1. The number of hydrogen-bond donors (Lipinski definition) is 1. The molecule has 0 aromatic heterocycles. The molecule has 0 spiro atoms. The molecular formula is C27H38FNO2. The number of hydrogen-bond acceptors (Lipinski definition) is 2. The molecule has 1 N–H and O–H groups in total. The van der Waals surface area contributed by atoms with Gasteiger partial charge in [-0.3, -0.25) is 9.59 Å². The fourth-order valence-corrected chi connectivity index (χ4v) is 7.24. The third-order valence-electron chi connectivity index (χ3n) is 8.80. The van der Waals surface area contributed by atoms with E-state index >= 15 is 0 Å². The normalized spacial score (nSPS) is 32.7. The Balaban J connectivity index is 1.50. The lowest BCUT2D eigenvalue weighted by Gasteiger charge is -2.50. The molecule has 6 atom stereocenters. The monoisotopic (exact) mass is 427 g/mol. The van der Waals surface area contributed by atoms with E-state index in [0.717, 1.165) is 56.9 Å². The molecule has 0 saturated heterocycles. The van der Waals surface area contributed by atoms with Crippen LogP contribution in [0, 0.1) is 29.0 Å². The number of nitrogens with one attached hydrogen (secondary N) is 1. The van der Waals surface area contributed by atoms with Gasteiger partial charge in [0.1, 0.15) is 11.6 Å². The minimum Gasteiger partial charge on any atom is -0.353 e. The molecule has 0 heterocycles. The summed E-state index contributed by atoms with van der Waals surface area (Å²) >= 11 is 0. The van der Waals surface area contributed by atoms with Crippen LogP contribution in [0.25, 0.3) is 0 Å². The van der Waals surface area contributed by atoms with Crippen LogP contribution in [-0.2, 0) is 16.0 Å². The molecule has 0 aliphatic heterocycles. The Bertz CT molecular complexity index is 837. The molecule has 1 aromatic rings. The minimum absolute atomic E-state index is 0.0717. The van der Waals surface area contributed by atoms with Crippen molar-refractivity contribution in [3.05, 3.63) is 35.1 Å². The van der Waals surface area contributed by atoms with Crippen LogP contribution in [0.5, 0.6) is 0 Å². The van der Waals surface area contributed by atoms with Crippen molar-refractivity contribution >= 4 is 11.7 Å². The Morgan fingerprint density at radius 3 is 2.84 bits per heavy atom. The maximum absolute atomic E-state index is 14.4. The van der Waals surface area contributed by atoms with Crippen molar-refractivity contribution < 1.29 is 14.0 Å². The summed E-state index contributed by atoms with van der Waals surface area (Å²) in [6, 6.07) is 5.79. The van der Waals surface area contributed by atoms with Gasteiger partial charge in [-0.05, 0) is 85.8 Å². The Morgan fingerprint density at radius 1 is 1.29 bits per heavy atom. The molecule has 1 amide bonds. The summed E-state index contributed by atoms with van der Waals surface area (Å²) < 4.78 is 14.4. The topological polar surface area (TPSA) is 46.2 Å². The molecule has 4 unspecified atom stereocenters. The first kappa shape index (κ1) is 22.5. The summed E-state index contributed by atoms with van der Waals surface area (Å²) in [5.41, 5.74) is 1.81. The first-order valence-electron chi connectivity index (χ1n) is 12.5. The maximum Gasteiger partial charge on any atom is 0.220 e. The summed E-state index contributed by atoms with van der Waals surface area (Å²) in [5, 5.41) is 3.19. The zero-order valence-electron chi connectivity index (χ0n) is 19.4. The Morgan fingerprint density at radius 2 is 2.10 bits per heavy atom. The number of rotatable bonds is 7. The molecule has 0 radical (unpaired) electrons. The van der Waals surface area contributed by atoms with Gasteiger partial charge in [0, 0.05) is 24.3 Å². The highest BCUT2D eigenvalue weighted by molar-refractivity contribution is 5.88. The van der Waals surface area contributed by atoms with E-state index in [0.29, 0.717) is 36.4 Å². The number of Topliss-reactive ketones (excluding diaryl/α,β-unsaturated/α-hetero) is 1. The molecule has 0 bridgehead atoms. The molecular weight excluding hydrogens is 389 g/mol. The van der Waals surface area contributed by atoms with Crippen LogP contribution in [0.3, 0.4) is 0 Å². The van der Waals surface area contributed by atoms with Crippen LogP contribution in [-0.4, -0.2) is 17.7 Å². The maximum atomic E-state index is 14.4. The molecule has 3 aliphatic carbocycles. The van der Waals surface area contributed by atoms with Gasteiger partial charge in [-0.1, -0.05) is 39.3 Å². The van der Waals surface area contributed by atoms with Crippen molar-refractivity contribution in [1.29, 1.82) is 0 Å². The molecule has 170 valence electrons. The minimum atomic E-state index is -0.263. The summed E-state index contributed by atoms with van der Waals surface area (Å²) in [4.78, 5) is 25.7. The number of halogens is 1. The van der Waals surface area contributed by atoms with Gasteiger partial charge in [-0.2, -0.15) is 0 Å². The largest absolute Gasteiger partial charge is 0.353 e. The van der Waals surface area contributed by atoms with Crippen LogP contribution in [0.15, 0.2) is 18.2 Å². The van der Waals surface area contributed by atoms with E-state index in [-0.39, 0.29) is 29.1 Å². The lowest BCUT2D eigenvalue weighted by molar-refractivity contribution is -0.129. The quantitative estimate of drug-likeness (QED) is 0.584. The van der Waals surface area contributed by atoms with E-state index in [9.17, 15) is 14.0 Å². The van der Waals surface area contributed by atoms with Gasteiger partial charge in [-0.15, -0.1) is 0 Å². The lowest BCUT2D eigenvalue weighted by atomic mass is 9.54. The summed E-state index contributed by atoms with van der Waals surface area (Å²) in [5.74, 6) is 1.83. The predicted molar refractivity (Wildman–Crippen MR) is 121 cm³/mol. The predicted octanol–water partition coefficient (Wildman–Crippen LogP) is 5.95. The summed E-state index contributed by atoms with van der Waals surface area (Å²) in [6.07, 6.45) is 8.56. The number of amides is 1. The standard InChI is InChI=1S/C27H38FNO2/c1-4-7-18(5-2)29-25(31)13-10-17-16-24(30)27(3)15-14-20-19-8-6-9-23(28)21(19)11-12-22(20)26(17)27/h6,8-9,17-18,20,22,26H,4-5,7,10-16H2,1-3H3,(H,29,31)/t17-,18?,20?,22?,26?,27-/m1/s1. The third kappa shape index (κ3) is 4.07. The second-order valence-electron chi connectivity index (χ2n) is 10.5. The average molecular weight is 428 g/mol. The number of ketones is 1. The number of benzene rings is 1. The SMILES string of the molecule is CCCC(CC)NC(=O)CC[C@@H]1CC(=O)[C@@]2(C)CCC3c4cccc(F)c4CCC3C12. The van der Waals surface area contributed by atoms with Crippen molar-refractivity contribution in [1.82, 2.24) is 5.32 Å². The van der Waals surface area contributed by atoms with Gasteiger partial charge in [0.2, 0.25) is 5.91 Å². The zero-order valence-corrected chi connectivity index (χ0v) is 19.4. The van der Waals surface area contributed by atoms with Gasteiger partial charge in [0.25, 0.3) is 0 Å². The summed E-state index contributed by atoms with van der Waals surface area (Å²) in [7, 11) is 0. The van der Waals surface area contributed by atoms with Crippen LogP contribution >= 0.6 is 0 Å². The van der Waals surface area contributed by atoms with E-state index in [1.807, 2.05) is 6.07 Å². The Hall–Kier alpha value is -1.71. The first-order valence-corrected chi connectivity index (χ1v) is 12.5. The molecule has 2 saturated carbocycles. The molecule has 31 heavy (non-hydrogen) atoms. The second kappa shape index (κ2) is 9.03. The molecule has 2 fully saturated rings. The third-order valence-corrected chi connectivity index (χ3v) is 8.80. The van der Waals surface area contributed by atoms with Crippen LogP contribution in [0.1, 0.15) is 95.6 Å². The average Bonchev–Trinajstić information content (AvgIpc) is 3.02. The highest BCUT2D eigenvalue weighted by Gasteiger charge is 2.58. The van der Waals surface area contributed by atoms with Crippen molar-refractivity contribution in [3.63, 3.8) is 0 Å². The Kier molecular flexibility index (Phi) is 6.55. The Labute approximate surface area is 186 Å². The lowest BCUT2D eigenvalue weighted by Crippen LogP contribution is -2.44. The van der Waals surface area contributed by atoms with E-state index in [1.165, 1.54) is 5.56 Å². The second-order valence-corrected chi connectivity index (χ2v) is 10.5. The van der Waals surface area contributed by atoms with Gasteiger partial charge in [0.15, 0.2) is 0 Å². The van der Waals surface area contributed by atoms with Crippen molar-refractivity contribution in [2.75, 3.05) is 0 Å². The van der Waals surface area contributed by atoms with Crippen LogP contribution in [0.4, 0.5) is 4.39 Å². The van der Waals surface area contributed by atoms with Gasteiger partial charge >= 0.3 is 0 Å². The number of carbonyl (C=O) groups excluding carboxylic acids is 2. The van der Waals surface area contributed by atoms with E-state index in [4.69, 9.17) is 0 Å². The fraction of sp³-hybridized carbons (Fsp3) is 0.704. The first-order chi connectivity index (χ1) is 14.9. The number of carbonyl (C=O) groups is 2. The smallest absolute Gasteiger partial charge is 0.220 e. The molecule has 3 aliphatic rings. The highest BCUT2D eigenvalue weighted by Crippen LogP contribution is 2.62. The van der Waals surface area contributed by atoms with Gasteiger partial charge in [0.05, 0.1) is 0 Å². The molecule has 4 rings (SSSR count). The zero-order chi connectivity index (χ0) is 22.2. The van der Waals surface area contributed by atoms with Crippen molar-refractivity contribution in [3.8, 4) is 0 Å². The number of fused-ring (bicyclic) bond motifs is 5. The fourth-order valence-electron chi connectivity index (χ4n) is 7.24. The van der Waals surface area contributed by atoms with Crippen LogP contribution < -0.4 is 5.32 Å². The van der Waals surface area contributed by atoms with E-state index < -0.39 is 0 Å². The van der Waals surface area contributed by atoms with E-state index in [1.54, 1.807) is 6.07 Å². The summed E-state index contributed by atoms with van der Waals surface area (Å²) in [6.45, 7) is 6.44. The molecule has 4 heteroatoms. The van der Waals surface area contributed by atoms with E-state index in [2.05, 4.69) is 32.2 Å². The molecule has 3 nitrogen and oxygen atoms in total. The van der Waals surface area contributed by atoms with Gasteiger partial charge in [-0.25, -0.2) is 4.39 Å².